The van der Waals surface area contributed by atoms with Gasteiger partial charge in [0.05, 0.1) is 6.04 Å². The summed E-state index contributed by atoms with van der Waals surface area (Å²) in [7, 11) is 4.05. The van der Waals surface area contributed by atoms with Crippen molar-refractivity contribution in [2.45, 2.75) is 13.0 Å². The third-order valence-electron chi connectivity index (χ3n) is 3.81. The first-order valence-corrected chi connectivity index (χ1v) is 7.08. The van der Waals surface area contributed by atoms with Gasteiger partial charge in [-0.1, -0.05) is 30.3 Å². The number of furan rings is 1. The zero-order valence-corrected chi connectivity index (χ0v) is 12.6. The largest absolute Gasteiger partial charge is 0.459 e. The highest BCUT2D eigenvalue weighted by atomic mass is 16.3. The molecule has 2 aromatic carbocycles. The van der Waals surface area contributed by atoms with E-state index in [0.29, 0.717) is 0 Å². The molecule has 0 amide bonds. The summed E-state index contributed by atoms with van der Waals surface area (Å²) < 4.78 is 5.98. The van der Waals surface area contributed by atoms with Gasteiger partial charge in [0.25, 0.3) is 0 Å². The van der Waals surface area contributed by atoms with Crippen LogP contribution in [-0.4, -0.2) is 14.1 Å². The van der Waals surface area contributed by atoms with Crippen LogP contribution in [0.2, 0.25) is 0 Å². The van der Waals surface area contributed by atoms with E-state index >= 15 is 0 Å². The first kappa shape index (κ1) is 13.7. The van der Waals surface area contributed by atoms with Crippen LogP contribution in [0.3, 0.4) is 0 Å². The molecule has 1 heterocycles. The van der Waals surface area contributed by atoms with Crippen LogP contribution in [0.15, 0.2) is 52.9 Å². The van der Waals surface area contributed by atoms with Gasteiger partial charge in [-0.25, -0.2) is 0 Å². The van der Waals surface area contributed by atoms with Crippen LogP contribution < -0.4 is 10.6 Å². The molecule has 0 fully saturated rings. The van der Waals surface area contributed by atoms with Crippen molar-refractivity contribution in [1.82, 2.24) is 0 Å². The van der Waals surface area contributed by atoms with Gasteiger partial charge in [0.15, 0.2) is 0 Å². The molecule has 0 aliphatic carbocycles. The number of nitrogens with zero attached hydrogens (tertiary/aromatic N) is 1. The molecule has 0 aliphatic heterocycles. The van der Waals surface area contributed by atoms with Crippen molar-refractivity contribution < 1.29 is 4.42 Å². The molecule has 2 N–H and O–H groups in total. The summed E-state index contributed by atoms with van der Waals surface area (Å²) in [5, 5.41) is 1.10. The fraction of sp³-hybridized carbons (Fsp3) is 0.222. The lowest BCUT2D eigenvalue weighted by Crippen LogP contribution is -2.13. The summed E-state index contributed by atoms with van der Waals surface area (Å²) in [4.78, 5) is 2.07. The van der Waals surface area contributed by atoms with Crippen LogP contribution in [0.4, 0.5) is 5.69 Å². The maximum Gasteiger partial charge on any atom is 0.137 e. The molecule has 0 saturated carbocycles. The lowest BCUT2D eigenvalue weighted by atomic mass is 10.0. The van der Waals surface area contributed by atoms with Crippen molar-refractivity contribution in [1.29, 1.82) is 0 Å². The number of hydrogen-bond acceptors (Lipinski definition) is 3. The Morgan fingerprint density at radius 1 is 1.05 bits per heavy atom. The van der Waals surface area contributed by atoms with Gasteiger partial charge in [0, 0.05) is 25.2 Å². The lowest BCUT2D eigenvalue weighted by Gasteiger charge is -2.15. The Labute approximate surface area is 125 Å². The Bertz CT molecular complexity index is 774. The third kappa shape index (κ3) is 2.52. The Morgan fingerprint density at radius 3 is 2.52 bits per heavy atom. The molecule has 108 valence electrons. The molecule has 3 heteroatoms. The number of fused-ring (bicyclic) bond motifs is 1. The van der Waals surface area contributed by atoms with E-state index in [1.807, 2.05) is 51.4 Å². The number of anilines is 1. The predicted molar refractivity (Wildman–Crippen MR) is 87.8 cm³/mol. The number of hydrogen-bond donors (Lipinski definition) is 1. The highest BCUT2D eigenvalue weighted by Gasteiger charge is 2.15. The number of benzene rings is 2. The highest BCUT2D eigenvalue weighted by Crippen LogP contribution is 2.29. The van der Waals surface area contributed by atoms with Crippen LogP contribution >= 0.6 is 0 Å². The normalized spacial score (nSPS) is 12.6. The van der Waals surface area contributed by atoms with E-state index in [-0.39, 0.29) is 6.04 Å². The zero-order chi connectivity index (χ0) is 15.0. The highest BCUT2D eigenvalue weighted by molar-refractivity contribution is 5.81. The lowest BCUT2D eigenvalue weighted by molar-refractivity contribution is 0.523. The summed E-state index contributed by atoms with van der Waals surface area (Å²) in [6.45, 7) is 2.05. The van der Waals surface area contributed by atoms with Gasteiger partial charge in [0.1, 0.15) is 11.3 Å². The van der Waals surface area contributed by atoms with Gasteiger partial charge in [-0.05, 0) is 36.2 Å². The fourth-order valence-electron chi connectivity index (χ4n) is 2.54. The molecule has 1 aromatic heterocycles. The molecule has 1 unspecified atom stereocenters. The quantitative estimate of drug-likeness (QED) is 0.792. The van der Waals surface area contributed by atoms with Crippen LogP contribution in [0, 0.1) is 6.92 Å². The van der Waals surface area contributed by atoms with Gasteiger partial charge in [-0.3, -0.25) is 0 Å². The second-order valence-corrected chi connectivity index (χ2v) is 5.61. The van der Waals surface area contributed by atoms with E-state index in [2.05, 4.69) is 23.1 Å². The number of nitrogens with two attached hydrogens (primary N) is 1. The molecule has 0 bridgehead atoms. The Morgan fingerprint density at radius 2 is 1.81 bits per heavy atom. The summed E-state index contributed by atoms with van der Waals surface area (Å²) in [5.41, 5.74) is 10.6. The van der Waals surface area contributed by atoms with Crippen molar-refractivity contribution in [3.8, 4) is 0 Å². The minimum atomic E-state index is -0.253. The molecule has 21 heavy (non-hydrogen) atoms. The molecule has 0 radical (unpaired) electrons. The smallest absolute Gasteiger partial charge is 0.137 e. The molecular formula is C18H20N2O. The molecule has 1 atom stereocenters. The van der Waals surface area contributed by atoms with Crippen LogP contribution in [0.5, 0.6) is 0 Å². The molecule has 0 spiro atoms. The fourth-order valence-corrected chi connectivity index (χ4v) is 2.54. The minimum Gasteiger partial charge on any atom is -0.459 e. The average molecular weight is 280 g/mol. The van der Waals surface area contributed by atoms with Crippen molar-refractivity contribution in [2.75, 3.05) is 19.0 Å². The monoisotopic (exact) mass is 280 g/mol. The minimum absolute atomic E-state index is 0.253. The number of rotatable bonds is 3. The maximum atomic E-state index is 6.39. The summed E-state index contributed by atoms with van der Waals surface area (Å²) in [6.07, 6.45) is 0. The number of aryl methyl sites for hydroxylation is 1. The summed E-state index contributed by atoms with van der Waals surface area (Å²) >= 11 is 0. The molecule has 3 nitrogen and oxygen atoms in total. The van der Waals surface area contributed by atoms with Crippen molar-refractivity contribution in [2.24, 2.45) is 5.73 Å². The van der Waals surface area contributed by atoms with Gasteiger partial charge in [-0.2, -0.15) is 0 Å². The zero-order valence-electron chi connectivity index (χ0n) is 12.6. The molecule has 3 aromatic rings. The Hall–Kier alpha value is -2.26. The van der Waals surface area contributed by atoms with Gasteiger partial charge in [-0.15, -0.1) is 0 Å². The standard InChI is InChI=1S/C18H20N2O/c1-12-6-4-8-14-11-16(21-18(12)14)17(19)13-7-5-9-15(10-13)20(2)3/h4-11,17H,19H2,1-3H3. The molecular weight excluding hydrogens is 260 g/mol. The van der Waals surface area contributed by atoms with Crippen molar-refractivity contribution >= 4 is 16.7 Å². The van der Waals surface area contributed by atoms with Crippen molar-refractivity contribution in [3.63, 3.8) is 0 Å². The van der Waals surface area contributed by atoms with E-state index in [0.717, 1.165) is 33.5 Å². The second kappa shape index (κ2) is 5.26. The Balaban J connectivity index is 2.02. The van der Waals surface area contributed by atoms with Crippen LogP contribution in [0.1, 0.15) is 22.9 Å². The second-order valence-electron chi connectivity index (χ2n) is 5.61. The Kier molecular flexibility index (Phi) is 3.43. The molecule has 3 rings (SSSR count). The average Bonchev–Trinajstić information content (AvgIpc) is 2.92. The third-order valence-corrected chi connectivity index (χ3v) is 3.81. The van der Waals surface area contributed by atoms with Crippen LogP contribution in [0.25, 0.3) is 11.0 Å². The number of para-hydroxylation sites is 1. The predicted octanol–water partition coefficient (Wildman–Crippen LogP) is 3.86. The van der Waals surface area contributed by atoms with E-state index in [4.69, 9.17) is 10.2 Å². The van der Waals surface area contributed by atoms with E-state index < -0.39 is 0 Å². The topological polar surface area (TPSA) is 42.4 Å². The first-order chi connectivity index (χ1) is 10.1. The summed E-state index contributed by atoms with van der Waals surface area (Å²) in [6, 6.07) is 16.2. The van der Waals surface area contributed by atoms with Gasteiger partial charge >= 0.3 is 0 Å². The SMILES string of the molecule is Cc1cccc2cc(C(N)c3cccc(N(C)C)c3)oc12. The van der Waals surface area contributed by atoms with E-state index in [9.17, 15) is 0 Å². The van der Waals surface area contributed by atoms with Gasteiger partial charge in [0.2, 0.25) is 0 Å². The molecule has 0 saturated heterocycles. The van der Waals surface area contributed by atoms with Crippen molar-refractivity contribution in [3.05, 3.63) is 65.4 Å². The maximum absolute atomic E-state index is 6.39. The van der Waals surface area contributed by atoms with Gasteiger partial charge < -0.3 is 15.1 Å². The van der Waals surface area contributed by atoms with Crippen LogP contribution in [-0.2, 0) is 0 Å². The van der Waals surface area contributed by atoms with E-state index in [1.54, 1.807) is 0 Å². The molecule has 0 aliphatic rings. The van der Waals surface area contributed by atoms with E-state index in [1.165, 1.54) is 0 Å². The summed E-state index contributed by atoms with van der Waals surface area (Å²) in [5.74, 6) is 0.801. The first-order valence-electron chi connectivity index (χ1n) is 7.08.